The Kier molecular flexibility index (Phi) is 9.27. The third-order valence-corrected chi connectivity index (χ3v) is 5.55. The fraction of sp³-hybridized carbons (Fsp3) is 0.500. The van der Waals surface area contributed by atoms with Crippen LogP contribution in [0.25, 0.3) is 0 Å². The van der Waals surface area contributed by atoms with Crippen LogP contribution in [0.5, 0.6) is 0 Å². The summed E-state index contributed by atoms with van der Waals surface area (Å²) in [6.07, 6.45) is 2.76. The number of carbonyl (C=O) groups excluding carboxylic acids is 2. The number of benzene rings is 1. The third-order valence-electron chi connectivity index (χ3n) is 5.55. The molecule has 1 aliphatic heterocycles. The summed E-state index contributed by atoms with van der Waals surface area (Å²) in [5, 5.41) is 6.34. The molecule has 8 nitrogen and oxygen atoms in total. The highest BCUT2D eigenvalue weighted by Gasteiger charge is 2.24. The average Bonchev–Trinajstić information content (AvgIpc) is 2.83. The summed E-state index contributed by atoms with van der Waals surface area (Å²) >= 11 is 0. The van der Waals surface area contributed by atoms with Crippen molar-refractivity contribution in [2.75, 3.05) is 49.5 Å². The molecule has 0 atom stereocenters. The van der Waals surface area contributed by atoms with Gasteiger partial charge in [0.25, 0.3) is 11.8 Å². The molecule has 1 fully saturated rings. The van der Waals surface area contributed by atoms with Gasteiger partial charge in [0.15, 0.2) is 5.82 Å². The lowest BCUT2D eigenvalue weighted by Gasteiger charge is -2.36. The first-order chi connectivity index (χ1) is 16.3. The quantitative estimate of drug-likeness (QED) is 0.521. The van der Waals surface area contributed by atoms with Crippen LogP contribution >= 0.6 is 0 Å². The second-order valence-electron chi connectivity index (χ2n) is 9.06. The number of piperazine rings is 1. The molecule has 0 spiro atoms. The number of pyridine rings is 1. The molecule has 0 aliphatic carbocycles. The number of amides is 2. The van der Waals surface area contributed by atoms with Gasteiger partial charge in [0, 0.05) is 62.7 Å². The van der Waals surface area contributed by atoms with Crippen molar-refractivity contribution < 1.29 is 14.3 Å². The SMILES string of the molecule is CC(C)Nc1cccnc1N1CCN(C(=O)c2ccc(C(=O)NCCCOC(C)C)cc2)CC1. The normalized spacial score (nSPS) is 13.9. The number of carbonyl (C=O) groups is 2. The summed E-state index contributed by atoms with van der Waals surface area (Å²) in [6, 6.07) is 11.2. The number of rotatable bonds is 10. The molecule has 1 aromatic heterocycles. The lowest BCUT2D eigenvalue weighted by Crippen LogP contribution is -2.49. The Bertz CT molecular complexity index is 938. The minimum atomic E-state index is -0.140. The van der Waals surface area contributed by atoms with Gasteiger partial charge in [0.2, 0.25) is 0 Å². The van der Waals surface area contributed by atoms with Gasteiger partial charge in [0.1, 0.15) is 0 Å². The van der Waals surface area contributed by atoms with Gasteiger partial charge in [-0.05, 0) is 70.5 Å². The van der Waals surface area contributed by atoms with Crippen molar-refractivity contribution in [2.45, 2.75) is 46.3 Å². The molecular formula is C26H37N5O3. The molecule has 2 N–H and O–H groups in total. The maximum absolute atomic E-state index is 13.0. The van der Waals surface area contributed by atoms with Crippen molar-refractivity contribution in [1.29, 1.82) is 0 Å². The molecule has 2 heterocycles. The molecule has 2 amide bonds. The minimum Gasteiger partial charge on any atom is -0.380 e. The molecule has 0 saturated carbocycles. The minimum absolute atomic E-state index is 0.0148. The van der Waals surface area contributed by atoms with Crippen molar-refractivity contribution in [2.24, 2.45) is 0 Å². The van der Waals surface area contributed by atoms with Gasteiger partial charge in [-0.2, -0.15) is 0 Å². The summed E-state index contributed by atoms with van der Waals surface area (Å²) in [5.41, 5.74) is 2.15. The Hall–Kier alpha value is -3.13. The molecule has 0 bridgehead atoms. The number of nitrogens with zero attached hydrogens (tertiary/aromatic N) is 3. The highest BCUT2D eigenvalue weighted by molar-refractivity contribution is 5.98. The van der Waals surface area contributed by atoms with Gasteiger partial charge in [-0.3, -0.25) is 9.59 Å². The molecule has 0 unspecified atom stereocenters. The van der Waals surface area contributed by atoms with Crippen LogP contribution in [-0.4, -0.2) is 73.2 Å². The Labute approximate surface area is 202 Å². The van der Waals surface area contributed by atoms with Gasteiger partial charge < -0.3 is 25.2 Å². The fourth-order valence-corrected chi connectivity index (χ4v) is 3.84. The Morgan fingerprint density at radius 2 is 1.68 bits per heavy atom. The molecule has 0 radical (unpaired) electrons. The van der Waals surface area contributed by atoms with E-state index in [1.165, 1.54) is 0 Å². The predicted octanol–water partition coefficient (Wildman–Crippen LogP) is 3.41. The molecule has 3 rings (SSSR count). The molecule has 8 heteroatoms. The van der Waals surface area contributed by atoms with E-state index in [2.05, 4.69) is 34.4 Å². The van der Waals surface area contributed by atoms with Gasteiger partial charge >= 0.3 is 0 Å². The second-order valence-corrected chi connectivity index (χ2v) is 9.06. The van der Waals surface area contributed by atoms with Crippen LogP contribution in [0.3, 0.4) is 0 Å². The van der Waals surface area contributed by atoms with E-state index in [9.17, 15) is 9.59 Å². The first-order valence-corrected chi connectivity index (χ1v) is 12.1. The summed E-state index contributed by atoms with van der Waals surface area (Å²) < 4.78 is 5.48. The zero-order valence-electron chi connectivity index (χ0n) is 20.7. The first kappa shape index (κ1) is 25.5. The van der Waals surface area contributed by atoms with Crippen LogP contribution in [0, 0.1) is 0 Å². The maximum Gasteiger partial charge on any atom is 0.253 e. The van der Waals surface area contributed by atoms with Crippen molar-refractivity contribution in [3.05, 3.63) is 53.7 Å². The lowest BCUT2D eigenvalue weighted by atomic mass is 10.1. The molecular weight excluding hydrogens is 430 g/mol. The van der Waals surface area contributed by atoms with E-state index in [1.807, 2.05) is 30.9 Å². The van der Waals surface area contributed by atoms with Crippen molar-refractivity contribution >= 4 is 23.3 Å². The summed E-state index contributed by atoms with van der Waals surface area (Å²) in [6.45, 7) is 12.0. The average molecular weight is 468 g/mol. The number of hydrogen-bond acceptors (Lipinski definition) is 6. The monoisotopic (exact) mass is 467 g/mol. The van der Waals surface area contributed by atoms with Crippen molar-refractivity contribution in [3.8, 4) is 0 Å². The Morgan fingerprint density at radius 1 is 1.00 bits per heavy atom. The Balaban J connectivity index is 1.50. The number of ether oxygens (including phenoxy) is 1. The van der Waals surface area contributed by atoms with Crippen LogP contribution in [0.1, 0.15) is 54.8 Å². The zero-order chi connectivity index (χ0) is 24.5. The van der Waals surface area contributed by atoms with E-state index in [1.54, 1.807) is 30.5 Å². The van der Waals surface area contributed by atoms with Crippen LogP contribution in [-0.2, 0) is 4.74 Å². The highest BCUT2D eigenvalue weighted by atomic mass is 16.5. The maximum atomic E-state index is 13.0. The van der Waals surface area contributed by atoms with Crippen LogP contribution < -0.4 is 15.5 Å². The summed E-state index contributed by atoms with van der Waals surface area (Å²) in [5.74, 6) is 0.770. The molecule has 34 heavy (non-hydrogen) atoms. The summed E-state index contributed by atoms with van der Waals surface area (Å²) in [4.78, 5) is 34.0. The predicted molar refractivity (Wildman–Crippen MR) is 136 cm³/mol. The van der Waals surface area contributed by atoms with E-state index < -0.39 is 0 Å². The number of aromatic nitrogens is 1. The molecule has 184 valence electrons. The fourth-order valence-electron chi connectivity index (χ4n) is 3.84. The van der Waals surface area contributed by atoms with Gasteiger partial charge in [-0.25, -0.2) is 4.98 Å². The van der Waals surface area contributed by atoms with E-state index in [0.717, 1.165) is 31.0 Å². The van der Waals surface area contributed by atoms with Gasteiger partial charge in [-0.1, -0.05) is 0 Å². The standard InChI is InChI=1S/C26H37N5O3/c1-19(2)29-23-7-5-12-27-24(23)30-14-16-31(17-15-30)26(33)22-10-8-21(9-11-22)25(32)28-13-6-18-34-20(3)4/h5,7-12,19-20,29H,6,13-18H2,1-4H3,(H,28,32). The second kappa shape index (κ2) is 12.4. The zero-order valence-corrected chi connectivity index (χ0v) is 20.7. The summed E-state index contributed by atoms with van der Waals surface area (Å²) in [7, 11) is 0. The molecule has 1 saturated heterocycles. The number of anilines is 2. The Morgan fingerprint density at radius 3 is 2.32 bits per heavy atom. The van der Waals surface area contributed by atoms with E-state index >= 15 is 0 Å². The number of hydrogen-bond donors (Lipinski definition) is 2. The topological polar surface area (TPSA) is 86.8 Å². The lowest BCUT2D eigenvalue weighted by molar-refractivity contribution is 0.0742. The van der Waals surface area contributed by atoms with E-state index in [4.69, 9.17) is 4.74 Å². The van der Waals surface area contributed by atoms with E-state index in [-0.39, 0.29) is 17.9 Å². The van der Waals surface area contributed by atoms with Crippen molar-refractivity contribution in [3.63, 3.8) is 0 Å². The van der Waals surface area contributed by atoms with Crippen molar-refractivity contribution in [1.82, 2.24) is 15.2 Å². The van der Waals surface area contributed by atoms with Gasteiger partial charge in [0.05, 0.1) is 11.8 Å². The molecule has 2 aromatic rings. The molecule has 1 aliphatic rings. The number of nitrogens with one attached hydrogen (secondary N) is 2. The highest BCUT2D eigenvalue weighted by Crippen LogP contribution is 2.25. The first-order valence-electron chi connectivity index (χ1n) is 12.1. The van der Waals surface area contributed by atoms with Crippen LogP contribution in [0.2, 0.25) is 0 Å². The third kappa shape index (κ3) is 7.18. The largest absolute Gasteiger partial charge is 0.380 e. The smallest absolute Gasteiger partial charge is 0.253 e. The van der Waals surface area contributed by atoms with Crippen LogP contribution in [0.15, 0.2) is 42.6 Å². The van der Waals surface area contributed by atoms with Gasteiger partial charge in [-0.15, -0.1) is 0 Å². The molecule has 1 aromatic carbocycles. The van der Waals surface area contributed by atoms with E-state index in [0.29, 0.717) is 43.4 Å². The van der Waals surface area contributed by atoms with Crippen LogP contribution in [0.4, 0.5) is 11.5 Å².